The van der Waals surface area contributed by atoms with Gasteiger partial charge in [-0.2, -0.15) is 0 Å². The van der Waals surface area contributed by atoms with Gasteiger partial charge in [0.25, 0.3) is 0 Å². The first-order valence-corrected chi connectivity index (χ1v) is 7.65. The second-order valence-corrected chi connectivity index (χ2v) is 5.99. The second-order valence-electron chi connectivity index (χ2n) is 4.95. The van der Waals surface area contributed by atoms with E-state index in [0.29, 0.717) is 6.04 Å². The van der Waals surface area contributed by atoms with Crippen LogP contribution in [0, 0.1) is 0 Å². The fraction of sp³-hybridized carbons (Fsp3) is 0.500. The number of hydrogen-bond acceptors (Lipinski definition) is 3. The Morgan fingerprint density at radius 1 is 1.33 bits per heavy atom. The molecule has 1 aromatic carbocycles. The Bertz CT molecular complexity index is 413. The van der Waals surface area contributed by atoms with Gasteiger partial charge < -0.3 is 4.90 Å². The molecule has 0 bridgehead atoms. The molecule has 1 saturated heterocycles. The van der Waals surface area contributed by atoms with Crippen molar-refractivity contribution in [1.29, 1.82) is 0 Å². The van der Waals surface area contributed by atoms with Gasteiger partial charge in [0.15, 0.2) is 0 Å². The van der Waals surface area contributed by atoms with Gasteiger partial charge in [-0.25, -0.2) is 0 Å². The molecule has 0 radical (unpaired) electrons. The fourth-order valence-corrected chi connectivity index (χ4v) is 3.24. The lowest BCUT2D eigenvalue weighted by atomic mass is 10.2. The monoisotopic (exact) mass is 262 g/mol. The highest BCUT2D eigenvalue weighted by Gasteiger charge is 2.36. The Labute approximate surface area is 112 Å². The molecule has 2 aliphatic rings. The minimum atomic E-state index is 0.0271. The van der Waals surface area contributed by atoms with Crippen molar-refractivity contribution in [3.63, 3.8) is 0 Å². The van der Waals surface area contributed by atoms with Crippen molar-refractivity contribution >= 4 is 17.7 Å². The van der Waals surface area contributed by atoms with Crippen molar-refractivity contribution in [2.75, 3.05) is 11.6 Å². The molecule has 3 nitrogen and oxygen atoms in total. The van der Waals surface area contributed by atoms with Crippen molar-refractivity contribution in [3.8, 4) is 0 Å². The molecule has 18 heavy (non-hydrogen) atoms. The Balaban J connectivity index is 1.70. The molecular formula is C14H18N2OS. The van der Waals surface area contributed by atoms with Crippen LogP contribution in [0.4, 0.5) is 0 Å². The zero-order chi connectivity index (χ0) is 12.4. The molecule has 3 rings (SSSR count). The largest absolute Gasteiger partial charge is 0.334 e. The maximum absolute atomic E-state index is 12.5. The minimum absolute atomic E-state index is 0.0271. The van der Waals surface area contributed by atoms with Crippen molar-refractivity contribution in [2.45, 2.75) is 31.5 Å². The summed E-state index contributed by atoms with van der Waals surface area (Å²) in [6.07, 6.45) is 2.33. The van der Waals surface area contributed by atoms with E-state index < -0.39 is 0 Å². The smallest absolute Gasteiger partial charge is 0.241 e. The van der Waals surface area contributed by atoms with E-state index in [1.807, 2.05) is 30.0 Å². The van der Waals surface area contributed by atoms with Gasteiger partial charge in [0.05, 0.1) is 6.04 Å². The predicted molar refractivity (Wildman–Crippen MR) is 74.3 cm³/mol. The fourth-order valence-electron chi connectivity index (χ4n) is 2.31. The molecule has 1 saturated carbocycles. The molecule has 96 valence electrons. The van der Waals surface area contributed by atoms with Crippen LogP contribution in [0.2, 0.25) is 0 Å². The van der Waals surface area contributed by atoms with Crippen LogP contribution >= 0.6 is 11.8 Å². The molecule has 2 fully saturated rings. The molecule has 1 atom stereocenters. The van der Waals surface area contributed by atoms with Crippen LogP contribution in [0.5, 0.6) is 0 Å². The van der Waals surface area contributed by atoms with Gasteiger partial charge in [-0.05, 0) is 18.4 Å². The summed E-state index contributed by atoms with van der Waals surface area (Å²) >= 11 is 1.81. The summed E-state index contributed by atoms with van der Waals surface area (Å²) in [4.78, 5) is 14.5. The highest BCUT2D eigenvalue weighted by Crippen LogP contribution is 2.29. The van der Waals surface area contributed by atoms with Crippen molar-refractivity contribution in [2.24, 2.45) is 0 Å². The van der Waals surface area contributed by atoms with Crippen molar-refractivity contribution < 1.29 is 4.79 Å². The summed E-state index contributed by atoms with van der Waals surface area (Å²) in [5.74, 6) is 2.10. The first-order chi connectivity index (χ1) is 8.84. The van der Waals surface area contributed by atoms with Crippen LogP contribution in [-0.4, -0.2) is 34.5 Å². The normalized spacial score (nSPS) is 23.0. The first-order valence-electron chi connectivity index (χ1n) is 6.50. The number of hydrogen-bond donors (Lipinski definition) is 1. The number of nitrogens with zero attached hydrogens (tertiary/aromatic N) is 1. The van der Waals surface area contributed by atoms with E-state index in [-0.39, 0.29) is 11.9 Å². The first kappa shape index (κ1) is 12.1. The molecule has 1 aliphatic carbocycles. The van der Waals surface area contributed by atoms with Crippen molar-refractivity contribution in [1.82, 2.24) is 10.2 Å². The molecule has 1 amide bonds. The topological polar surface area (TPSA) is 32.3 Å². The number of benzene rings is 1. The molecule has 4 heteroatoms. The van der Waals surface area contributed by atoms with Gasteiger partial charge in [0.1, 0.15) is 0 Å². The number of carbonyl (C=O) groups is 1. The Morgan fingerprint density at radius 3 is 2.72 bits per heavy atom. The van der Waals surface area contributed by atoms with Crippen LogP contribution in [0.3, 0.4) is 0 Å². The van der Waals surface area contributed by atoms with E-state index in [1.54, 1.807) is 0 Å². The van der Waals surface area contributed by atoms with Crippen LogP contribution in [0.15, 0.2) is 30.3 Å². The van der Waals surface area contributed by atoms with E-state index in [1.165, 1.54) is 18.4 Å². The maximum atomic E-state index is 12.5. The quantitative estimate of drug-likeness (QED) is 0.898. The van der Waals surface area contributed by atoms with E-state index in [2.05, 4.69) is 22.3 Å². The lowest BCUT2D eigenvalue weighted by molar-refractivity contribution is -0.133. The maximum Gasteiger partial charge on any atom is 0.241 e. The highest BCUT2D eigenvalue weighted by atomic mass is 32.2. The standard InChI is InChI=1S/C14H18N2OS/c17-14(13-9-18-10-15-13)16(12-6-7-12)8-11-4-2-1-3-5-11/h1-5,12-13,15H,6-10H2. The third-order valence-corrected chi connectivity index (χ3v) is 4.42. The Morgan fingerprint density at radius 2 is 2.11 bits per heavy atom. The average Bonchev–Trinajstić information content (AvgIpc) is 3.10. The number of amides is 1. The van der Waals surface area contributed by atoms with Gasteiger partial charge in [0.2, 0.25) is 5.91 Å². The molecule has 1 unspecified atom stereocenters. The third-order valence-electron chi connectivity index (χ3n) is 3.48. The molecule has 1 aliphatic heterocycles. The number of thioether (sulfide) groups is 1. The molecule has 0 spiro atoms. The highest BCUT2D eigenvalue weighted by molar-refractivity contribution is 7.99. The SMILES string of the molecule is O=C(C1CSCN1)N(Cc1ccccc1)C1CC1. The number of carbonyl (C=O) groups excluding carboxylic acids is 1. The summed E-state index contributed by atoms with van der Waals surface area (Å²) < 4.78 is 0. The third kappa shape index (κ3) is 2.70. The van der Waals surface area contributed by atoms with Gasteiger partial charge in [-0.1, -0.05) is 30.3 Å². The zero-order valence-corrected chi connectivity index (χ0v) is 11.2. The summed E-state index contributed by atoms with van der Waals surface area (Å²) in [5.41, 5.74) is 1.23. The van der Waals surface area contributed by atoms with E-state index in [4.69, 9.17) is 0 Å². The van der Waals surface area contributed by atoms with E-state index >= 15 is 0 Å². The van der Waals surface area contributed by atoms with Gasteiger partial charge >= 0.3 is 0 Å². The Hall–Kier alpha value is -1.00. The molecular weight excluding hydrogens is 244 g/mol. The van der Waals surface area contributed by atoms with E-state index in [9.17, 15) is 4.79 Å². The van der Waals surface area contributed by atoms with Crippen LogP contribution in [-0.2, 0) is 11.3 Å². The summed E-state index contributed by atoms with van der Waals surface area (Å²) in [6.45, 7) is 0.757. The van der Waals surface area contributed by atoms with Gasteiger partial charge in [0, 0.05) is 24.2 Å². The molecule has 1 N–H and O–H groups in total. The van der Waals surface area contributed by atoms with E-state index in [0.717, 1.165) is 18.2 Å². The van der Waals surface area contributed by atoms with Crippen LogP contribution in [0.1, 0.15) is 18.4 Å². The second kappa shape index (κ2) is 5.33. The van der Waals surface area contributed by atoms with Crippen LogP contribution < -0.4 is 5.32 Å². The van der Waals surface area contributed by atoms with Crippen LogP contribution in [0.25, 0.3) is 0 Å². The van der Waals surface area contributed by atoms with Gasteiger partial charge in [-0.3, -0.25) is 10.1 Å². The minimum Gasteiger partial charge on any atom is -0.334 e. The predicted octanol–water partition coefficient (Wildman–Crippen LogP) is 1.84. The Kier molecular flexibility index (Phi) is 3.57. The number of nitrogens with one attached hydrogen (secondary N) is 1. The zero-order valence-electron chi connectivity index (χ0n) is 10.3. The summed E-state index contributed by atoms with van der Waals surface area (Å²) in [7, 11) is 0. The van der Waals surface area contributed by atoms with Crippen molar-refractivity contribution in [3.05, 3.63) is 35.9 Å². The summed E-state index contributed by atoms with van der Waals surface area (Å²) in [5, 5.41) is 3.28. The molecule has 0 aromatic heterocycles. The van der Waals surface area contributed by atoms with Gasteiger partial charge in [-0.15, -0.1) is 11.8 Å². The lowest BCUT2D eigenvalue weighted by Crippen LogP contribution is -2.45. The molecule has 1 aromatic rings. The number of rotatable bonds is 4. The molecule has 1 heterocycles. The lowest BCUT2D eigenvalue weighted by Gasteiger charge is -2.25. The summed E-state index contributed by atoms with van der Waals surface area (Å²) in [6, 6.07) is 10.8. The average molecular weight is 262 g/mol.